The molecule has 0 spiro atoms. The second-order valence-corrected chi connectivity index (χ2v) is 4.16. The second kappa shape index (κ2) is 4.48. The van der Waals surface area contributed by atoms with Crippen molar-refractivity contribution in [2.75, 3.05) is 6.61 Å². The number of rotatable bonds is 3. The molecule has 1 heterocycles. The van der Waals surface area contributed by atoms with Gasteiger partial charge in [0.05, 0.1) is 30.1 Å². The lowest BCUT2D eigenvalue weighted by Crippen LogP contribution is -2.26. The summed E-state index contributed by atoms with van der Waals surface area (Å²) in [7, 11) is 0. The Hall–Kier alpha value is -1.00. The number of ether oxygens (including phenoxy) is 1. The SMILES string of the molecule is CC(C)(C)OCC(N)c1cnccn1. The minimum Gasteiger partial charge on any atom is -0.374 e. The van der Waals surface area contributed by atoms with Gasteiger partial charge < -0.3 is 10.5 Å². The van der Waals surface area contributed by atoms with E-state index in [4.69, 9.17) is 10.5 Å². The summed E-state index contributed by atoms with van der Waals surface area (Å²) in [5.74, 6) is 0. The van der Waals surface area contributed by atoms with Crippen molar-refractivity contribution in [2.45, 2.75) is 32.4 Å². The van der Waals surface area contributed by atoms with Gasteiger partial charge in [-0.05, 0) is 20.8 Å². The zero-order chi connectivity index (χ0) is 10.6. The molecule has 14 heavy (non-hydrogen) atoms. The van der Waals surface area contributed by atoms with Crippen LogP contribution in [0.5, 0.6) is 0 Å². The van der Waals surface area contributed by atoms with E-state index in [1.807, 2.05) is 20.8 Å². The minimum atomic E-state index is -0.206. The highest BCUT2D eigenvalue weighted by Crippen LogP contribution is 2.12. The maximum atomic E-state index is 5.87. The molecule has 4 nitrogen and oxygen atoms in total. The molecule has 2 N–H and O–H groups in total. The molecule has 0 fully saturated rings. The molecule has 1 rings (SSSR count). The fraction of sp³-hybridized carbons (Fsp3) is 0.600. The number of nitrogens with two attached hydrogens (primary N) is 1. The van der Waals surface area contributed by atoms with E-state index in [9.17, 15) is 0 Å². The number of nitrogens with zero attached hydrogens (tertiary/aromatic N) is 2. The van der Waals surface area contributed by atoms with Gasteiger partial charge >= 0.3 is 0 Å². The van der Waals surface area contributed by atoms with Gasteiger partial charge in [-0.15, -0.1) is 0 Å². The van der Waals surface area contributed by atoms with Crippen molar-refractivity contribution in [1.82, 2.24) is 9.97 Å². The van der Waals surface area contributed by atoms with E-state index in [2.05, 4.69) is 9.97 Å². The topological polar surface area (TPSA) is 61.0 Å². The van der Waals surface area contributed by atoms with E-state index >= 15 is 0 Å². The van der Waals surface area contributed by atoms with Gasteiger partial charge in [-0.25, -0.2) is 0 Å². The number of hydrogen-bond acceptors (Lipinski definition) is 4. The molecular formula is C10H17N3O. The lowest BCUT2D eigenvalue weighted by atomic mass is 10.2. The zero-order valence-electron chi connectivity index (χ0n) is 8.90. The normalized spacial score (nSPS) is 14.0. The smallest absolute Gasteiger partial charge is 0.0777 e. The predicted octanol–water partition coefficient (Wildman–Crippen LogP) is 1.29. The van der Waals surface area contributed by atoms with Crippen molar-refractivity contribution in [2.24, 2.45) is 5.73 Å². The van der Waals surface area contributed by atoms with Crippen molar-refractivity contribution < 1.29 is 4.74 Å². The van der Waals surface area contributed by atoms with Crippen molar-refractivity contribution in [3.8, 4) is 0 Å². The van der Waals surface area contributed by atoms with Crippen LogP contribution in [0.4, 0.5) is 0 Å². The van der Waals surface area contributed by atoms with E-state index in [-0.39, 0.29) is 11.6 Å². The molecule has 0 aliphatic carbocycles. The van der Waals surface area contributed by atoms with Crippen LogP contribution in [0.1, 0.15) is 32.5 Å². The number of aromatic nitrogens is 2. The van der Waals surface area contributed by atoms with Crippen molar-refractivity contribution in [1.29, 1.82) is 0 Å². The van der Waals surface area contributed by atoms with Gasteiger partial charge in [-0.1, -0.05) is 0 Å². The minimum absolute atomic E-state index is 0.167. The van der Waals surface area contributed by atoms with Crippen molar-refractivity contribution >= 4 is 0 Å². The summed E-state index contributed by atoms with van der Waals surface area (Å²) in [5, 5.41) is 0. The van der Waals surface area contributed by atoms with Gasteiger partial charge in [0.1, 0.15) is 0 Å². The fourth-order valence-electron chi connectivity index (χ4n) is 0.927. The van der Waals surface area contributed by atoms with Gasteiger partial charge in [0.25, 0.3) is 0 Å². The molecule has 0 saturated carbocycles. The first-order valence-corrected chi connectivity index (χ1v) is 4.64. The Kier molecular flexibility index (Phi) is 3.55. The Morgan fingerprint density at radius 2 is 2.14 bits per heavy atom. The Morgan fingerprint density at radius 3 is 2.64 bits per heavy atom. The van der Waals surface area contributed by atoms with Crippen molar-refractivity contribution in [3.05, 3.63) is 24.3 Å². The molecule has 0 saturated heterocycles. The van der Waals surface area contributed by atoms with Crippen LogP contribution in [0.3, 0.4) is 0 Å². The molecule has 1 unspecified atom stereocenters. The summed E-state index contributed by atoms with van der Waals surface area (Å²) in [5.41, 5.74) is 6.47. The Balaban J connectivity index is 2.48. The van der Waals surface area contributed by atoms with E-state index in [1.54, 1.807) is 18.6 Å². The molecule has 1 atom stereocenters. The lowest BCUT2D eigenvalue weighted by molar-refractivity contribution is -0.0107. The Morgan fingerprint density at radius 1 is 1.43 bits per heavy atom. The second-order valence-electron chi connectivity index (χ2n) is 4.16. The van der Waals surface area contributed by atoms with Gasteiger partial charge in [-0.3, -0.25) is 9.97 Å². The van der Waals surface area contributed by atoms with E-state index in [1.165, 1.54) is 0 Å². The summed E-state index contributed by atoms with van der Waals surface area (Å²) in [6, 6.07) is -0.206. The summed E-state index contributed by atoms with van der Waals surface area (Å²) >= 11 is 0. The summed E-state index contributed by atoms with van der Waals surface area (Å²) < 4.78 is 5.55. The molecule has 0 aromatic carbocycles. The van der Waals surface area contributed by atoms with Crippen LogP contribution in [0.15, 0.2) is 18.6 Å². The highest BCUT2D eigenvalue weighted by molar-refractivity contribution is 5.00. The van der Waals surface area contributed by atoms with Crippen LogP contribution in [-0.4, -0.2) is 22.2 Å². The first-order valence-electron chi connectivity index (χ1n) is 4.64. The first kappa shape index (κ1) is 11.1. The highest BCUT2D eigenvalue weighted by atomic mass is 16.5. The van der Waals surface area contributed by atoms with Gasteiger partial charge in [0.15, 0.2) is 0 Å². The summed E-state index contributed by atoms with van der Waals surface area (Å²) in [4.78, 5) is 8.06. The molecule has 0 bridgehead atoms. The third-order valence-corrected chi connectivity index (χ3v) is 1.66. The monoisotopic (exact) mass is 195 g/mol. The van der Waals surface area contributed by atoms with E-state index < -0.39 is 0 Å². The highest BCUT2D eigenvalue weighted by Gasteiger charge is 2.14. The molecule has 0 amide bonds. The maximum Gasteiger partial charge on any atom is 0.0777 e. The van der Waals surface area contributed by atoms with Crippen LogP contribution in [0, 0.1) is 0 Å². The predicted molar refractivity (Wildman–Crippen MR) is 54.7 cm³/mol. The van der Waals surface area contributed by atoms with Gasteiger partial charge in [-0.2, -0.15) is 0 Å². The van der Waals surface area contributed by atoms with E-state index in [0.29, 0.717) is 6.61 Å². The van der Waals surface area contributed by atoms with E-state index in [0.717, 1.165) is 5.69 Å². The average molecular weight is 195 g/mol. The molecule has 1 aromatic heterocycles. The molecule has 78 valence electrons. The molecule has 0 aliphatic rings. The number of hydrogen-bond donors (Lipinski definition) is 1. The van der Waals surface area contributed by atoms with Crippen LogP contribution in [0.2, 0.25) is 0 Å². The lowest BCUT2D eigenvalue weighted by Gasteiger charge is -2.21. The van der Waals surface area contributed by atoms with Crippen LogP contribution >= 0.6 is 0 Å². The molecule has 0 aliphatic heterocycles. The first-order chi connectivity index (χ1) is 6.49. The molecule has 1 aromatic rings. The summed E-state index contributed by atoms with van der Waals surface area (Å²) in [6.45, 7) is 6.45. The Bertz CT molecular complexity index is 268. The van der Waals surface area contributed by atoms with Crippen LogP contribution < -0.4 is 5.73 Å². The average Bonchev–Trinajstić information content (AvgIpc) is 2.14. The molecular weight excluding hydrogens is 178 g/mol. The fourth-order valence-corrected chi connectivity index (χ4v) is 0.927. The molecule has 0 radical (unpaired) electrons. The standard InChI is InChI=1S/C10H17N3O/c1-10(2,3)14-7-8(11)9-6-12-4-5-13-9/h4-6,8H,7,11H2,1-3H3. The third kappa shape index (κ3) is 3.81. The third-order valence-electron chi connectivity index (χ3n) is 1.66. The van der Waals surface area contributed by atoms with Gasteiger partial charge in [0.2, 0.25) is 0 Å². The van der Waals surface area contributed by atoms with Crippen LogP contribution in [0.25, 0.3) is 0 Å². The Labute approximate surface area is 84.5 Å². The maximum absolute atomic E-state index is 5.87. The van der Waals surface area contributed by atoms with Crippen molar-refractivity contribution in [3.63, 3.8) is 0 Å². The zero-order valence-corrected chi connectivity index (χ0v) is 8.90. The largest absolute Gasteiger partial charge is 0.374 e. The quantitative estimate of drug-likeness (QED) is 0.789. The van der Waals surface area contributed by atoms with Gasteiger partial charge in [0, 0.05) is 12.4 Å². The molecule has 4 heteroatoms. The van der Waals surface area contributed by atoms with Crippen LogP contribution in [-0.2, 0) is 4.74 Å². The summed E-state index contributed by atoms with van der Waals surface area (Å²) in [6.07, 6.45) is 4.92.